The van der Waals surface area contributed by atoms with Crippen LogP contribution in [0.4, 0.5) is 0 Å². The summed E-state index contributed by atoms with van der Waals surface area (Å²) in [4.78, 5) is 0. The quantitative estimate of drug-likeness (QED) is 0.606. The van der Waals surface area contributed by atoms with Gasteiger partial charge in [-0.3, -0.25) is 0 Å². The maximum atomic E-state index is 8.54. The summed E-state index contributed by atoms with van der Waals surface area (Å²) in [5, 5.41) is 8.54. The van der Waals surface area contributed by atoms with E-state index < -0.39 is 0 Å². The Morgan fingerprint density at radius 1 is 1.09 bits per heavy atom. The van der Waals surface area contributed by atoms with Crippen molar-refractivity contribution in [3.63, 3.8) is 0 Å². The zero-order valence-corrected chi connectivity index (χ0v) is 6.46. The molecule has 0 amide bonds. The lowest BCUT2D eigenvalue weighted by Gasteiger charge is -1.89. The monoisotopic (exact) mass is 154 g/mol. The molecule has 0 bridgehead atoms. The van der Waals surface area contributed by atoms with Crippen molar-refractivity contribution < 1.29 is 10.6 Å². The van der Waals surface area contributed by atoms with E-state index in [9.17, 15) is 0 Å². The molecular weight excluding hydrogens is 140 g/mol. The second-order valence-corrected chi connectivity index (χ2v) is 1.64. The number of rotatable bonds is 1. The molecule has 3 N–H and O–H groups in total. The largest absolute Gasteiger partial charge is 0.412 e. The number of benzene rings is 1. The van der Waals surface area contributed by atoms with E-state index in [4.69, 9.17) is 5.11 Å². The molecule has 0 aromatic heterocycles. The van der Waals surface area contributed by atoms with Crippen molar-refractivity contribution in [1.29, 1.82) is 0 Å². The van der Waals surface area contributed by atoms with Crippen molar-refractivity contribution in [2.75, 3.05) is 0 Å². The number of hydrogen-bond acceptors (Lipinski definition) is 1. The van der Waals surface area contributed by atoms with Crippen molar-refractivity contribution in [2.24, 2.45) is 0 Å². The van der Waals surface area contributed by atoms with Gasteiger partial charge in [-0.1, -0.05) is 30.3 Å². The molecule has 0 aliphatic heterocycles. The van der Waals surface area contributed by atoms with E-state index in [1.807, 2.05) is 30.3 Å². The summed E-state index contributed by atoms with van der Waals surface area (Å²) in [7, 11) is 0. The Morgan fingerprint density at radius 3 is 1.82 bits per heavy atom. The maximum Gasteiger partial charge on any atom is 0.0681 e. The first-order valence-corrected chi connectivity index (χ1v) is 3.08. The van der Waals surface area contributed by atoms with E-state index in [-0.39, 0.29) is 12.1 Å². The maximum absolute atomic E-state index is 8.54. The molecule has 1 rings (SSSR count). The van der Waals surface area contributed by atoms with Gasteiger partial charge in [-0.2, -0.15) is 0 Å². The summed E-state index contributed by atoms with van der Waals surface area (Å²) in [6, 6.07) is 9.52. The second-order valence-electron chi connectivity index (χ2n) is 1.64. The van der Waals surface area contributed by atoms with E-state index >= 15 is 0 Å². The molecule has 0 aliphatic carbocycles. The van der Waals surface area contributed by atoms with Crippen molar-refractivity contribution in [3.05, 3.63) is 49.1 Å². The third-order valence-corrected chi connectivity index (χ3v) is 1.03. The van der Waals surface area contributed by atoms with Crippen LogP contribution < -0.4 is 0 Å². The first-order valence-electron chi connectivity index (χ1n) is 3.08. The predicted octanol–water partition coefficient (Wildman–Crippen LogP) is 1.16. The zero-order chi connectivity index (χ0) is 7.82. The first-order chi connectivity index (χ1) is 4.93. The summed E-state index contributed by atoms with van der Waals surface area (Å²) in [6.07, 6.45) is 0. The van der Waals surface area contributed by atoms with E-state index in [1.165, 1.54) is 0 Å². The summed E-state index contributed by atoms with van der Waals surface area (Å²) in [6.45, 7) is 6.14. The fraction of sp³-hybridized carbons (Fsp3) is 0.111. The molecule has 1 aromatic rings. The molecule has 0 unspecified atom stereocenters. The highest BCUT2D eigenvalue weighted by Gasteiger charge is 1.81. The fourth-order valence-electron chi connectivity index (χ4n) is 0.583. The van der Waals surface area contributed by atoms with Crippen molar-refractivity contribution in [3.8, 4) is 0 Å². The molecule has 2 nitrogen and oxygen atoms in total. The van der Waals surface area contributed by atoms with E-state index in [0.717, 1.165) is 5.56 Å². The molecule has 0 spiro atoms. The van der Waals surface area contributed by atoms with Gasteiger partial charge in [0.15, 0.2) is 0 Å². The molecule has 0 aliphatic rings. The van der Waals surface area contributed by atoms with E-state index in [1.54, 1.807) is 0 Å². The normalized spacial score (nSPS) is 7.00. The van der Waals surface area contributed by atoms with Crippen LogP contribution in [0.25, 0.3) is 0 Å². The summed E-state index contributed by atoms with van der Waals surface area (Å²) in [5.74, 6) is 0. The van der Waals surface area contributed by atoms with Gasteiger partial charge in [-0.05, 0) is 5.56 Å². The smallest absolute Gasteiger partial charge is 0.0681 e. The van der Waals surface area contributed by atoms with Crippen LogP contribution in [0.2, 0.25) is 0 Å². The summed E-state index contributed by atoms with van der Waals surface area (Å²) < 4.78 is 0. The van der Waals surface area contributed by atoms with Gasteiger partial charge in [-0.25, -0.2) is 0 Å². The molecule has 0 fully saturated rings. The molecule has 0 heterocycles. The van der Waals surface area contributed by atoms with Crippen molar-refractivity contribution >= 4 is 0 Å². The van der Waals surface area contributed by atoms with Gasteiger partial charge >= 0.3 is 0 Å². The molecule has 62 valence electrons. The highest BCUT2D eigenvalue weighted by molar-refractivity contribution is 5.12. The van der Waals surface area contributed by atoms with E-state index in [2.05, 4.69) is 13.2 Å². The van der Waals surface area contributed by atoms with Crippen LogP contribution in [0.1, 0.15) is 5.56 Å². The zero-order valence-electron chi connectivity index (χ0n) is 6.46. The van der Waals surface area contributed by atoms with Crippen LogP contribution in [0, 0.1) is 0 Å². The van der Waals surface area contributed by atoms with Crippen LogP contribution in [0.3, 0.4) is 0 Å². The lowest BCUT2D eigenvalue weighted by Crippen LogP contribution is -1.77. The molecule has 0 atom stereocenters. The number of hydrogen-bond donors (Lipinski definition) is 1. The Kier molecular flexibility index (Phi) is 10.1. The van der Waals surface area contributed by atoms with Crippen molar-refractivity contribution in [1.82, 2.24) is 0 Å². The Morgan fingerprint density at radius 2 is 1.55 bits per heavy atom. The van der Waals surface area contributed by atoms with Crippen LogP contribution in [0.5, 0.6) is 0 Å². The van der Waals surface area contributed by atoms with Gasteiger partial charge in [0.1, 0.15) is 0 Å². The van der Waals surface area contributed by atoms with Gasteiger partial charge in [0, 0.05) is 0 Å². The van der Waals surface area contributed by atoms with Crippen molar-refractivity contribution in [2.45, 2.75) is 6.61 Å². The summed E-state index contributed by atoms with van der Waals surface area (Å²) in [5.41, 5.74) is 0.965. The van der Waals surface area contributed by atoms with E-state index in [0.29, 0.717) is 0 Å². The lowest BCUT2D eigenvalue weighted by molar-refractivity contribution is 0.282. The first kappa shape index (κ1) is 12.5. The SMILES string of the molecule is C=C.O.OCc1ccccc1. The van der Waals surface area contributed by atoms with Gasteiger partial charge in [0.05, 0.1) is 6.61 Å². The Bertz CT molecular complexity index is 160. The molecular formula is C9H14O2. The lowest BCUT2D eigenvalue weighted by atomic mass is 10.2. The topological polar surface area (TPSA) is 51.7 Å². The van der Waals surface area contributed by atoms with Crippen LogP contribution >= 0.6 is 0 Å². The third kappa shape index (κ3) is 5.33. The van der Waals surface area contributed by atoms with Crippen LogP contribution in [0.15, 0.2) is 43.5 Å². The Hall–Kier alpha value is -1.12. The Labute approximate surface area is 67.1 Å². The average molecular weight is 154 g/mol. The third-order valence-electron chi connectivity index (χ3n) is 1.03. The van der Waals surface area contributed by atoms with Crippen LogP contribution in [-0.2, 0) is 6.61 Å². The van der Waals surface area contributed by atoms with Crippen LogP contribution in [-0.4, -0.2) is 10.6 Å². The molecule has 11 heavy (non-hydrogen) atoms. The minimum atomic E-state index is 0. The molecule has 1 aromatic carbocycles. The van der Waals surface area contributed by atoms with Gasteiger partial charge in [0.2, 0.25) is 0 Å². The van der Waals surface area contributed by atoms with Gasteiger partial charge < -0.3 is 10.6 Å². The number of aliphatic hydroxyl groups is 1. The molecule has 0 radical (unpaired) electrons. The minimum absolute atomic E-state index is 0. The molecule has 2 heteroatoms. The minimum Gasteiger partial charge on any atom is -0.412 e. The highest BCUT2D eigenvalue weighted by atomic mass is 16.3. The Balaban J connectivity index is 0. The highest BCUT2D eigenvalue weighted by Crippen LogP contribution is 1.95. The average Bonchev–Trinajstić information content (AvgIpc) is 2.10. The molecule has 0 saturated carbocycles. The predicted molar refractivity (Wildman–Crippen MR) is 47.2 cm³/mol. The standard InChI is InChI=1S/C7H8O.C2H4.H2O/c8-6-7-4-2-1-3-5-7;1-2;/h1-5,8H,6H2;1-2H2;1H2. The van der Waals surface area contributed by atoms with Gasteiger partial charge in [0.25, 0.3) is 0 Å². The molecule has 0 saturated heterocycles. The number of aliphatic hydroxyl groups excluding tert-OH is 1. The summed E-state index contributed by atoms with van der Waals surface area (Å²) >= 11 is 0. The second kappa shape index (κ2) is 8.88. The fourth-order valence-corrected chi connectivity index (χ4v) is 0.583. The van der Waals surface area contributed by atoms with Gasteiger partial charge in [-0.15, -0.1) is 13.2 Å².